The van der Waals surface area contributed by atoms with E-state index >= 15 is 0 Å². The molecule has 6 heteroatoms. The Labute approximate surface area is 97.4 Å². The lowest BCUT2D eigenvalue weighted by molar-refractivity contribution is 0.0960. The van der Waals surface area contributed by atoms with Crippen LogP contribution in [0.15, 0.2) is 0 Å². The summed E-state index contributed by atoms with van der Waals surface area (Å²) in [5, 5.41) is 9.72. The molecular weight excluding hydrogens is 230 g/mol. The van der Waals surface area contributed by atoms with Gasteiger partial charge in [0.25, 0.3) is 0 Å². The molecule has 0 aromatic rings. The maximum atomic E-state index is 11.9. The topological polar surface area (TPSA) is 66.8 Å². The SMILES string of the molecule is CCOCCS(=O)(=O)N1CC(O)C(C)(C)C1. The zero-order chi connectivity index (χ0) is 12.4. The number of sulfonamides is 1. The van der Waals surface area contributed by atoms with E-state index in [9.17, 15) is 13.5 Å². The van der Waals surface area contributed by atoms with Gasteiger partial charge in [0, 0.05) is 25.1 Å². The molecule has 1 N–H and O–H groups in total. The first-order chi connectivity index (χ1) is 7.29. The number of hydrogen-bond donors (Lipinski definition) is 1. The number of β-amino-alcohol motifs (C(OH)–C–C–N with tert-alkyl or cyclic N) is 1. The van der Waals surface area contributed by atoms with Crippen molar-refractivity contribution in [3.63, 3.8) is 0 Å². The fraction of sp³-hybridized carbons (Fsp3) is 1.00. The van der Waals surface area contributed by atoms with Crippen molar-refractivity contribution in [1.29, 1.82) is 0 Å². The Morgan fingerprint density at radius 3 is 2.56 bits per heavy atom. The summed E-state index contributed by atoms with van der Waals surface area (Å²) in [6.45, 7) is 6.88. The third kappa shape index (κ3) is 3.16. The summed E-state index contributed by atoms with van der Waals surface area (Å²) in [4.78, 5) is 0. The molecule has 0 aliphatic carbocycles. The average molecular weight is 251 g/mol. The summed E-state index contributed by atoms with van der Waals surface area (Å²) in [5.74, 6) is -0.0103. The smallest absolute Gasteiger partial charge is 0.216 e. The molecule has 96 valence electrons. The first-order valence-electron chi connectivity index (χ1n) is 5.53. The summed E-state index contributed by atoms with van der Waals surface area (Å²) in [7, 11) is -3.29. The minimum absolute atomic E-state index is 0.0103. The maximum Gasteiger partial charge on any atom is 0.216 e. The Morgan fingerprint density at radius 2 is 2.12 bits per heavy atom. The summed E-state index contributed by atoms with van der Waals surface area (Å²) in [6, 6.07) is 0. The van der Waals surface area contributed by atoms with Gasteiger partial charge in [-0.05, 0) is 6.92 Å². The van der Waals surface area contributed by atoms with E-state index in [1.165, 1.54) is 4.31 Å². The van der Waals surface area contributed by atoms with Crippen molar-refractivity contribution < 1.29 is 18.3 Å². The Bertz CT molecular complexity index is 326. The third-order valence-corrected chi connectivity index (χ3v) is 4.69. The van der Waals surface area contributed by atoms with Gasteiger partial charge in [-0.1, -0.05) is 13.8 Å². The molecule has 0 radical (unpaired) electrons. The molecule has 0 amide bonds. The standard InChI is InChI=1S/C10H21NO4S/c1-4-15-5-6-16(13,14)11-7-9(12)10(2,3)8-11/h9,12H,4-8H2,1-3H3. The maximum absolute atomic E-state index is 11.9. The van der Waals surface area contributed by atoms with E-state index in [4.69, 9.17) is 4.74 Å². The monoisotopic (exact) mass is 251 g/mol. The molecule has 1 heterocycles. The van der Waals surface area contributed by atoms with Crippen LogP contribution in [0.3, 0.4) is 0 Å². The Kier molecular flexibility index (Phi) is 4.34. The van der Waals surface area contributed by atoms with Crippen molar-refractivity contribution in [3.05, 3.63) is 0 Å². The van der Waals surface area contributed by atoms with E-state index in [1.807, 2.05) is 20.8 Å². The highest BCUT2D eigenvalue weighted by molar-refractivity contribution is 7.89. The van der Waals surface area contributed by atoms with Crippen LogP contribution in [-0.4, -0.2) is 56.0 Å². The van der Waals surface area contributed by atoms with Crippen molar-refractivity contribution in [1.82, 2.24) is 4.31 Å². The number of hydrogen-bond acceptors (Lipinski definition) is 4. The van der Waals surface area contributed by atoms with Crippen molar-refractivity contribution in [2.75, 3.05) is 32.1 Å². The quantitative estimate of drug-likeness (QED) is 0.701. The number of ether oxygens (including phenoxy) is 1. The zero-order valence-electron chi connectivity index (χ0n) is 10.1. The highest BCUT2D eigenvalue weighted by atomic mass is 32.2. The average Bonchev–Trinajstić information content (AvgIpc) is 2.42. The molecule has 0 bridgehead atoms. The second-order valence-corrected chi connectivity index (χ2v) is 6.90. The van der Waals surface area contributed by atoms with Gasteiger partial charge in [-0.2, -0.15) is 4.31 Å². The van der Waals surface area contributed by atoms with Crippen LogP contribution in [0.2, 0.25) is 0 Å². The lowest BCUT2D eigenvalue weighted by Crippen LogP contribution is -2.33. The van der Waals surface area contributed by atoms with Crippen LogP contribution in [-0.2, 0) is 14.8 Å². The van der Waals surface area contributed by atoms with Gasteiger partial charge < -0.3 is 9.84 Å². The van der Waals surface area contributed by atoms with E-state index in [0.717, 1.165) is 0 Å². The zero-order valence-corrected chi connectivity index (χ0v) is 11.0. The third-order valence-electron chi connectivity index (χ3n) is 2.95. The number of nitrogens with zero attached hydrogens (tertiary/aromatic N) is 1. The molecule has 5 nitrogen and oxygen atoms in total. The highest BCUT2D eigenvalue weighted by Crippen LogP contribution is 2.31. The molecule has 1 rings (SSSR count). The van der Waals surface area contributed by atoms with Gasteiger partial charge in [0.05, 0.1) is 18.5 Å². The molecule has 1 saturated heterocycles. The number of aliphatic hydroxyl groups excluding tert-OH is 1. The van der Waals surface area contributed by atoms with Crippen LogP contribution in [0.4, 0.5) is 0 Å². The fourth-order valence-electron chi connectivity index (χ4n) is 1.71. The summed E-state index contributed by atoms with van der Waals surface area (Å²) in [5.41, 5.74) is -0.362. The van der Waals surface area contributed by atoms with Gasteiger partial charge in [-0.15, -0.1) is 0 Å². The van der Waals surface area contributed by atoms with Crippen LogP contribution in [0.5, 0.6) is 0 Å². The van der Waals surface area contributed by atoms with E-state index in [0.29, 0.717) is 13.2 Å². The second-order valence-electron chi connectivity index (χ2n) is 4.81. The molecule has 1 aliphatic rings. The van der Waals surface area contributed by atoms with Crippen molar-refractivity contribution in [3.8, 4) is 0 Å². The first kappa shape index (κ1) is 13.9. The van der Waals surface area contributed by atoms with Crippen molar-refractivity contribution in [2.24, 2.45) is 5.41 Å². The molecule has 0 saturated carbocycles. The molecule has 0 spiro atoms. The summed E-state index contributed by atoms with van der Waals surface area (Å²) < 4.78 is 30.1. The lowest BCUT2D eigenvalue weighted by Gasteiger charge is -2.21. The van der Waals surface area contributed by atoms with E-state index < -0.39 is 16.1 Å². The van der Waals surface area contributed by atoms with Crippen molar-refractivity contribution >= 4 is 10.0 Å². The van der Waals surface area contributed by atoms with Crippen molar-refractivity contribution in [2.45, 2.75) is 26.9 Å². The van der Waals surface area contributed by atoms with Crippen LogP contribution in [0.25, 0.3) is 0 Å². The molecule has 0 aromatic carbocycles. The highest BCUT2D eigenvalue weighted by Gasteiger charge is 2.42. The van der Waals surface area contributed by atoms with Gasteiger partial charge in [0.15, 0.2) is 0 Å². The van der Waals surface area contributed by atoms with Crippen LogP contribution >= 0.6 is 0 Å². The van der Waals surface area contributed by atoms with E-state index in [-0.39, 0.29) is 24.3 Å². The van der Waals surface area contributed by atoms with Gasteiger partial charge in [-0.25, -0.2) is 8.42 Å². The molecule has 1 atom stereocenters. The normalized spacial score (nSPS) is 26.1. The van der Waals surface area contributed by atoms with Gasteiger partial charge >= 0.3 is 0 Å². The second kappa shape index (κ2) is 5.00. The first-order valence-corrected chi connectivity index (χ1v) is 7.14. The minimum Gasteiger partial charge on any atom is -0.391 e. The summed E-state index contributed by atoms with van der Waals surface area (Å²) in [6.07, 6.45) is -0.589. The summed E-state index contributed by atoms with van der Waals surface area (Å²) >= 11 is 0. The molecule has 16 heavy (non-hydrogen) atoms. The predicted molar refractivity (Wildman–Crippen MR) is 61.6 cm³/mol. The van der Waals surface area contributed by atoms with Gasteiger partial charge in [-0.3, -0.25) is 0 Å². The Morgan fingerprint density at radius 1 is 1.50 bits per heavy atom. The Hall–Kier alpha value is -0.170. The predicted octanol–water partition coefficient (Wildman–Crippen LogP) is 0.0554. The Balaban J connectivity index is 2.58. The molecule has 1 fully saturated rings. The van der Waals surface area contributed by atoms with Gasteiger partial charge in [0.1, 0.15) is 0 Å². The molecule has 1 aliphatic heterocycles. The largest absolute Gasteiger partial charge is 0.391 e. The lowest BCUT2D eigenvalue weighted by atomic mass is 9.90. The van der Waals surface area contributed by atoms with Crippen LogP contribution < -0.4 is 0 Å². The fourth-order valence-corrected chi connectivity index (χ4v) is 3.20. The molecule has 1 unspecified atom stereocenters. The van der Waals surface area contributed by atoms with Crippen LogP contribution in [0.1, 0.15) is 20.8 Å². The van der Waals surface area contributed by atoms with E-state index in [1.54, 1.807) is 0 Å². The van der Waals surface area contributed by atoms with Crippen LogP contribution in [0, 0.1) is 5.41 Å². The molecular formula is C10H21NO4S. The number of rotatable bonds is 5. The number of aliphatic hydroxyl groups is 1. The molecule has 0 aromatic heterocycles. The minimum atomic E-state index is -3.29. The van der Waals surface area contributed by atoms with E-state index in [2.05, 4.69) is 0 Å². The van der Waals surface area contributed by atoms with Gasteiger partial charge in [0.2, 0.25) is 10.0 Å².